The number of hydrogen-bond acceptors (Lipinski definition) is 3. The fourth-order valence-corrected chi connectivity index (χ4v) is 3.51. The molecule has 3 atom stereocenters. The van der Waals surface area contributed by atoms with Crippen molar-refractivity contribution in [2.75, 3.05) is 46.3 Å². The van der Waals surface area contributed by atoms with E-state index in [1.54, 1.807) is 0 Å². The summed E-state index contributed by atoms with van der Waals surface area (Å²) in [5.41, 5.74) is 0. The SMILES string of the molecule is CN1C[C@@H]2CN([C@H]3CCNC3)C[C@@H]2C1. The molecule has 3 fully saturated rings. The Labute approximate surface area is 86.4 Å². The summed E-state index contributed by atoms with van der Waals surface area (Å²) in [6.07, 6.45) is 1.37. The number of hydrogen-bond donors (Lipinski definition) is 1. The Hall–Kier alpha value is -0.120. The highest BCUT2D eigenvalue weighted by atomic mass is 15.3. The molecule has 80 valence electrons. The Bertz CT molecular complexity index is 199. The van der Waals surface area contributed by atoms with Crippen LogP contribution in [0.25, 0.3) is 0 Å². The number of rotatable bonds is 1. The molecule has 3 heteroatoms. The maximum Gasteiger partial charge on any atom is 0.0232 e. The monoisotopic (exact) mass is 195 g/mol. The highest BCUT2D eigenvalue weighted by Gasteiger charge is 2.41. The van der Waals surface area contributed by atoms with Crippen LogP contribution in [0.3, 0.4) is 0 Å². The largest absolute Gasteiger partial charge is 0.315 e. The highest BCUT2D eigenvalue weighted by molar-refractivity contribution is 4.95. The van der Waals surface area contributed by atoms with Gasteiger partial charge in [-0.05, 0) is 31.8 Å². The summed E-state index contributed by atoms with van der Waals surface area (Å²) in [7, 11) is 2.26. The van der Waals surface area contributed by atoms with Crippen molar-refractivity contribution >= 4 is 0 Å². The molecule has 0 radical (unpaired) electrons. The van der Waals surface area contributed by atoms with Gasteiger partial charge in [-0.1, -0.05) is 0 Å². The lowest BCUT2D eigenvalue weighted by molar-refractivity contribution is 0.222. The van der Waals surface area contributed by atoms with Crippen molar-refractivity contribution in [2.24, 2.45) is 11.8 Å². The number of nitrogens with one attached hydrogen (secondary N) is 1. The van der Waals surface area contributed by atoms with E-state index in [1.165, 1.54) is 45.7 Å². The predicted octanol–water partition coefficient (Wildman–Crippen LogP) is -0.158. The maximum atomic E-state index is 3.47. The first-order chi connectivity index (χ1) is 6.83. The van der Waals surface area contributed by atoms with Gasteiger partial charge in [-0.2, -0.15) is 0 Å². The van der Waals surface area contributed by atoms with Crippen molar-refractivity contribution in [3.63, 3.8) is 0 Å². The lowest BCUT2D eigenvalue weighted by Gasteiger charge is -2.24. The lowest BCUT2D eigenvalue weighted by Crippen LogP contribution is -2.37. The minimum Gasteiger partial charge on any atom is -0.315 e. The minimum absolute atomic E-state index is 0.853. The Morgan fingerprint density at radius 3 is 2.36 bits per heavy atom. The summed E-state index contributed by atoms with van der Waals surface area (Å²) in [4.78, 5) is 5.24. The standard InChI is InChI=1S/C11H21N3/c1-13-5-9-7-14(8-10(9)6-13)11-2-3-12-4-11/h9-12H,2-8H2,1H3/t9-,10+,11-/m0/s1. The van der Waals surface area contributed by atoms with E-state index in [1.807, 2.05) is 0 Å². The van der Waals surface area contributed by atoms with E-state index < -0.39 is 0 Å². The van der Waals surface area contributed by atoms with Crippen molar-refractivity contribution in [3.05, 3.63) is 0 Å². The van der Waals surface area contributed by atoms with Crippen LogP contribution in [0.1, 0.15) is 6.42 Å². The molecule has 0 saturated carbocycles. The summed E-state index contributed by atoms with van der Waals surface area (Å²) in [5.74, 6) is 1.95. The van der Waals surface area contributed by atoms with E-state index in [-0.39, 0.29) is 0 Å². The van der Waals surface area contributed by atoms with Crippen LogP contribution >= 0.6 is 0 Å². The van der Waals surface area contributed by atoms with Gasteiger partial charge in [0.25, 0.3) is 0 Å². The van der Waals surface area contributed by atoms with E-state index in [4.69, 9.17) is 0 Å². The summed E-state index contributed by atoms with van der Waals surface area (Å²) in [6, 6.07) is 0.853. The molecule has 3 saturated heterocycles. The molecule has 14 heavy (non-hydrogen) atoms. The van der Waals surface area contributed by atoms with Gasteiger partial charge < -0.3 is 10.2 Å². The van der Waals surface area contributed by atoms with Gasteiger partial charge in [0.1, 0.15) is 0 Å². The van der Waals surface area contributed by atoms with Crippen LogP contribution in [0.2, 0.25) is 0 Å². The second-order valence-corrected chi connectivity index (χ2v) is 5.34. The molecule has 3 aliphatic rings. The Morgan fingerprint density at radius 1 is 1.07 bits per heavy atom. The van der Waals surface area contributed by atoms with Gasteiger partial charge in [0.05, 0.1) is 0 Å². The molecule has 1 N–H and O–H groups in total. The van der Waals surface area contributed by atoms with E-state index >= 15 is 0 Å². The highest BCUT2D eigenvalue weighted by Crippen LogP contribution is 2.32. The third kappa shape index (κ3) is 1.47. The summed E-state index contributed by atoms with van der Waals surface area (Å²) in [5, 5.41) is 3.47. The smallest absolute Gasteiger partial charge is 0.0232 e. The predicted molar refractivity (Wildman–Crippen MR) is 57.3 cm³/mol. The molecule has 0 spiro atoms. The van der Waals surface area contributed by atoms with Crippen molar-refractivity contribution < 1.29 is 0 Å². The maximum absolute atomic E-state index is 3.47. The van der Waals surface area contributed by atoms with Crippen LogP contribution in [0.4, 0.5) is 0 Å². The van der Waals surface area contributed by atoms with Crippen molar-refractivity contribution in [3.8, 4) is 0 Å². The topological polar surface area (TPSA) is 18.5 Å². The molecular formula is C11H21N3. The molecule has 0 amide bonds. The van der Waals surface area contributed by atoms with Crippen LogP contribution < -0.4 is 5.32 Å². The third-order valence-electron chi connectivity index (χ3n) is 4.25. The van der Waals surface area contributed by atoms with E-state index in [9.17, 15) is 0 Å². The van der Waals surface area contributed by atoms with Crippen molar-refractivity contribution in [1.29, 1.82) is 0 Å². The van der Waals surface area contributed by atoms with Gasteiger partial charge in [-0.15, -0.1) is 0 Å². The second-order valence-electron chi connectivity index (χ2n) is 5.34. The van der Waals surface area contributed by atoms with Gasteiger partial charge in [0.2, 0.25) is 0 Å². The molecule has 3 heterocycles. The normalized spacial score (nSPS) is 44.8. The summed E-state index contributed by atoms with van der Waals surface area (Å²) < 4.78 is 0. The van der Waals surface area contributed by atoms with Gasteiger partial charge in [-0.3, -0.25) is 4.90 Å². The number of likely N-dealkylation sites (tertiary alicyclic amines) is 2. The molecule has 0 aromatic carbocycles. The molecule has 3 nitrogen and oxygen atoms in total. The fourth-order valence-electron chi connectivity index (χ4n) is 3.51. The number of nitrogens with zero attached hydrogens (tertiary/aromatic N) is 2. The zero-order valence-electron chi connectivity index (χ0n) is 9.08. The van der Waals surface area contributed by atoms with Crippen LogP contribution in [-0.4, -0.2) is 62.2 Å². The van der Waals surface area contributed by atoms with E-state index in [0.29, 0.717) is 0 Å². The molecule has 0 bridgehead atoms. The first kappa shape index (κ1) is 9.13. The van der Waals surface area contributed by atoms with Crippen molar-refractivity contribution in [2.45, 2.75) is 12.5 Å². The quantitative estimate of drug-likeness (QED) is 0.627. The van der Waals surface area contributed by atoms with E-state index in [2.05, 4.69) is 22.2 Å². The first-order valence-electron chi connectivity index (χ1n) is 5.96. The fraction of sp³-hybridized carbons (Fsp3) is 1.00. The van der Waals surface area contributed by atoms with Crippen LogP contribution in [0.5, 0.6) is 0 Å². The van der Waals surface area contributed by atoms with Crippen molar-refractivity contribution in [1.82, 2.24) is 15.1 Å². The molecule has 0 aliphatic carbocycles. The van der Waals surface area contributed by atoms with Crippen LogP contribution in [0.15, 0.2) is 0 Å². The lowest BCUT2D eigenvalue weighted by atomic mass is 10.0. The van der Waals surface area contributed by atoms with Gasteiger partial charge in [0, 0.05) is 38.8 Å². The van der Waals surface area contributed by atoms with Gasteiger partial charge in [-0.25, -0.2) is 0 Å². The third-order valence-corrected chi connectivity index (χ3v) is 4.25. The molecule has 0 aromatic rings. The van der Waals surface area contributed by atoms with Crippen LogP contribution in [-0.2, 0) is 0 Å². The Balaban J connectivity index is 1.60. The average molecular weight is 195 g/mol. The Kier molecular flexibility index (Phi) is 2.26. The van der Waals surface area contributed by atoms with Gasteiger partial charge >= 0.3 is 0 Å². The summed E-state index contributed by atoms with van der Waals surface area (Å²) >= 11 is 0. The minimum atomic E-state index is 0.853. The van der Waals surface area contributed by atoms with Gasteiger partial charge in [0.15, 0.2) is 0 Å². The molecule has 3 aliphatic heterocycles. The Morgan fingerprint density at radius 2 is 1.79 bits per heavy atom. The van der Waals surface area contributed by atoms with Crippen LogP contribution in [0, 0.1) is 11.8 Å². The second kappa shape index (κ2) is 3.47. The average Bonchev–Trinajstić information content (AvgIpc) is 2.74. The first-order valence-corrected chi connectivity index (χ1v) is 5.96. The van der Waals surface area contributed by atoms with E-state index in [0.717, 1.165) is 17.9 Å². The molecule has 3 rings (SSSR count). The zero-order chi connectivity index (χ0) is 9.54. The molecule has 0 aromatic heterocycles. The zero-order valence-corrected chi connectivity index (χ0v) is 9.08. The summed E-state index contributed by atoms with van der Waals surface area (Å²) in [6.45, 7) is 7.86. The molecular weight excluding hydrogens is 174 g/mol. The molecule has 0 unspecified atom stereocenters. The number of fused-ring (bicyclic) bond motifs is 1.